The number of ether oxygens (including phenoxy) is 1. The fraction of sp³-hybridized carbons (Fsp3) is 0.182. The van der Waals surface area contributed by atoms with E-state index >= 15 is 0 Å². The first-order chi connectivity index (χ1) is 8.40. The van der Waals surface area contributed by atoms with Crippen molar-refractivity contribution in [3.8, 4) is 5.75 Å². The summed E-state index contributed by atoms with van der Waals surface area (Å²) < 4.78 is 5.18. The van der Waals surface area contributed by atoms with Gasteiger partial charge in [0.2, 0.25) is 0 Å². The van der Waals surface area contributed by atoms with Gasteiger partial charge in [0.25, 0.3) is 0 Å². The molecule has 18 heavy (non-hydrogen) atoms. The van der Waals surface area contributed by atoms with Crippen LogP contribution in [0.3, 0.4) is 0 Å². The number of hydrogen-bond donors (Lipinski definition) is 1. The van der Waals surface area contributed by atoms with E-state index in [2.05, 4.69) is 0 Å². The molecule has 0 heterocycles. The summed E-state index contributed by atoms with van der Waals surface area (Å²) in [6.45, 7) is 1.48. The molecule has 0 atom stereocenters. The lowest BCUT2D eigenvalue weighted by molar-refractivity contribution is -0.385. The van der Waals surface area contributed by atoms with Crippen molar-refractivity contribution < 1.29 is 19.6 Å². The van der Waals surface area contributed by atoms with Gasteiger partial charge in [0.1, 0.15) is 6.61 Å². The molecule has 0 amide bonds. The molecule has 0 spiro atoms. The monoisotopic (exact) mass is 271 g/mol. The fourth-order valence-corrected chi connectivity index (χ4v) is 1.36. The summed E-state index contributed by atoms with van der Waals surface area (Å²) in [6.07, 6.45) is 0.969. The van der Waals surface area contributed by atoms with E-state index in [4.69, 9.17) is 21.4 Å². The van der Waals surface area contributed by atoms with Gasteiger partial charge in [-0.3, -0.25) is 10.1 Å². The number of hydrogen-bond acceptors (Lipinski definition) is 4. The quantitative estimate of drug-likeness (QED) is 0.505. The lowest BCUT2D eigenvalue weighted by Crippen LogP contribution is -2.03. The summed E-state index contributed by atoms with van der Waals surface area (Å²) in [5, 5.41) is 19.5. The Morgan fingerprint density at radius 3 is 2.83 bits per heavy atom. The third-order valence-electron chi connectivity index (χ3n) is 1.94. The number of aliphatic carboxylic acids is 1. The van der Waals surface area contributed by atoms with Crippen LogP contribution in [0, 0.1) is 10.1 Å². The van der Waals surface area contributed by atoms with Crippen LogP contribution in [-0.4, -0.2) is 22.6 Å². The topological polar surface area (TPSA) is 89.7 Å². The second kappa shape index (κ2) is 6.02. The zero-order valence-corrected chi connectivity index (χ0v) is 10.2. The maximum atomic E-state index is 10.7. The number of benzene rings is 1. The molecule has 0 bridgehead atoms. The highest BCUT2D eigenvalue weighted by atomic mass is 35.5. The van der Waals surface area contributed by atoms with E-state index in [1.54, 1.807) is 6.92 Å². The van der Waals surface area contributed by atoms with Crippen LogP contribution in [0.5, 0.6) is 5.75 Å². The highest BCUT2D eigenvalue weighted by Gasteiger charge is 2.15. The Labute approximate surface area is 108 Å². The summed E-state index contributed by atoms with van der Waals surface area (Å²) in [4.78, 5) is 20.5. The Hall–Kier alpha value is -2.08. The molecule has 1 aromatic rings. The van der Waals surface area contributed by atoms with Crippen LogP contribution < -0.4 is 4.74 Å². The van der Waals surface area contributed by atoms with Crippen molar-refractivity contribution in [2.24, 2.45) is 0 Å². The summed E-state index contributed by atoms with van der Waals surface area (Å²) in [5.41, 5.74) is 0.208. The minimum absolute atomic E-state index is 0.00522. The van der Waals surface area contributed by atoms with E-state index < -0.39 is 10.9 Å². The Bertz CT molecular complexity index is 512. The fourth-order valence-electron chi connectivity index (χ4n) is 1.20. The van der Waals surface area contributed by atoms with Crippen LogP contribution >= 0.6 is 11.6 Å². The molecule has 0 fully saturated rings. The number of carboxylic acids is 1. The Morgan fingerprint density at radius 1 is 1.61 bits per heavy atom. The molecule has 0 aromatic heterocycles. The number of halogens is 1. The first-order valence-corrected chi connectivity index (χ1v) is 5.25. The van der Waals surface area contributed by atoms with Crippen molar-refractivity contribution in [3.05, 3.63) is 45.0 Å². The molecule has 7 heteroatoms. The summed E-state index contributed by atoms with van der Waals surface area (Å²) in [5.74, 6) is -1.10. The minimum atomic E-state index is -1.10. The molecule has 0 aliphatic heterocycles. The molecular formula is C11H10ClNO5. The van der Waals surface area contributed by atoms with E-state index in [1.165, 1.54) is 18.2 Å². The Kier molecular flexibility index (Phi) is 4.67. The van der Waals surface area contributed by atoms with Crippen LogP contribution in [0.4, 0.5) is 5.69 Å². The number of nitro groups is 1. The molecule has 0 aliphatic rings. The van der Waals surface area contributed by atoms with Crippen LogP contribution in [0.1, 0.15) is 6.92 Å². The van der Waals surface area contributed by atoms with Crippen molar-refractivity contribution in [1.29, 1.82) is 0 Å². The number of nitro benzene ring substituents is 1. The van der Waals surface area contributed by atoms with Gasteiger partial charge in [-0.05, 0) is 18.6 Å². The lowest BCUT2D eigenvalue weighted by atomic mass is 10.3. The zero-order valence-electron chi connectivity index (χ0n) is 9.42. The van der Waals surface area contributed by atoms with Gasteiger partial charge in [0.15, 0.2) is 5.75 Å². The van der Waals surface area contributed by atoms with Crippen molar-refractivity contribution in [2.75, 3.05) is 6.61 Å². The van der Waals surface area contributed by atoms with Crippen LogP contribution in [-0.2, 0) is 4.79 Å². The standard InChI is InChI=1S/C11H10ClNO5/c1-7(4-11(14)15)6-18-10-5-8(12)2-3-9(10)13(16)17/h2-5H,6H2,1H3,(H,14,15). The maximum Gasteiger partial charge on any atom is 0.328 e. The average molecular weight is 272 g/mol. The second-order valence-corrected chi connectivity index (χ2v) is 3.92. The second-order valence-electron chi connectivity index (χ2n) is 3.49. The smallest absolute Gasteiger partial charge is 0.328 e. The predicted octanol–water partition coefficient (Wildman–Crippen LogP) is 2.66. The van der Waals surface area contributed by atoms with E-state index in [1.807, 2.05) is 0 Å². The zero-order chi connectivity index (χ0) is 13.7. The molecule has 0 aliphatic carbocycles. The molecule has 1 rings (SSSR count). The molecule has 0 saturated carbocycles. The summed E-state index contributed by atoms with van der Waals surface area (Å²) in [6, 6.07) is 3.92. The highest BCUT2D eigenvalue weighted by molar-refractivity contribution is 6.30. The third kappa shape index (κ3) is 4.06. The van der Waals surface area contributed by atoms with Gasteiger partial charge in [0.05, 0.1) is 4.92 Å². The number of nitrogens with zero attached hydrogens (tertiary/aromatic N) is 1. The van der Waals surface area contributed by atoms with Crippen LogP contribution in [0.15, 0.2) is 29.8 Å². The Balaban J connectivity index is 2.87. The minimum Gasteiger partial charge on any atom is -0.482 e. The number of carboxylic acid groups (broad SMARTS) is 1. The summed E-state index contributed by atoms with van der Waals surface area (Å²) in [7, 11) is 0. The number of rotatable bonds is 5. The van der Waals surface area contributed by atoms with Crippen LogP contribution in [0.2, 0.25) is 5.02 Å². The summed E-state index contributed by atoms with van der Waals surface area (Å²) >= 11 is 5.71. The van der Waals surface area contributed by atoms with Crippen molar-refractivity contribution in [3.63, 3.8) is 0 Å². The lowest BCUT2D eigenvalue weighted by Gasteiger charge is -2.06. The SMILES string of the molecule is CC(=CC(=O)O)COc1cc(Cl)ccc1[N+](=O)[O-]. The number of carbonyl (C=O) groups is 1. The first-order valence-electron chi connectivity index (χ1n) is 4.87. The van der Waals surface area contributed by atoms with Gasteiger partial charge in [-0.25, -0.2) is 4.79 Å². The van der Waals surface area contributed by atoms with Gasteiger partial charge in [-0.1, -0.05) is 11.6 Å². The molecular weight excluding hydrogens is 262 g/mol. The normalized spacial score (nSPS) is 11.1. The van der Waals surface area contributed by atoms with Gasteiger partial charge < -0.3 is 9.84 Å². The van der Waals surface area contributed by atoms with Crippen molar-refractivity contribution in [1.82, 2.24) is 0 Å². The molecule has 1 N–H and O–H groups in total. The molecule has 0 radical (unpaired) electrons. The molecule has 1 aromatic carbocycles. The van der Waals surface area contributed by atoms with E-state index in [9.17, 15) is 14.9 Å². The van der Waals surface area contributed by atoms with Crippen LogP contribution in [0.25, 0.3) is 0 Å². The first kappa shape index (κ1) is 14.0. The molecule has 6 nitrogen and oxygen atoms in total. The van der Waals surface area contributed by atoms with Crippen molar-refractivity contribution in [2.45, 2.75) is 6.92 Å². The van der Waals surface area contributed by atoms with E-state index in [0.717, 1.165) is 6.08 Å². The molecule has 0 saturated heterocycles. The molecule has 0 unspecified atom stereocenters. The van der Waals surface area contributed by atoms with Crippen molar-refractivity contribution >= 4 is 23.3 Å². The van der Waals surface area contributed by atoms with Gasteiger partial charge in [-0.2, -0.15) is 0 Å². The Morgan fingerprint density at radius 2 is 2.28 bits per heavy atom. The van der Waals surface area contributed by atoms with Gasteiger partial charge in [0, 0.05) is 23.2 Å². The largest absolute Gasteiger partial charge is 0.482 e. The van der Waals surface area contributed by atoms with E-state index in [0.29, 0.717) is 10.6 Å². The third-order valence-corrected chi connectivity index (χ3v) is 2.18. The highest BCUT2D eigenvalue weighted by Crippen LogP contribution is 2.30. The average Bonchev–Trinajstić information content (AvgIpc) is 2.25. The maximum absolute atomic E-state index is 10.7. The van der Waals surface area contributed by atoms with Gasteiger partial charge >= 0.3 is 11.7 Å². The van der Waals surface area contributed by atoms with E-state index in [-0.39, 0.29) is 18.0 Å². The molecule has 96 valence electrons. The predicted molar refractivity (Wildman–Crippen MR) is 65.0 cm³/mol. The van der Waals surface area contributed by atoms with Gasteiger partial charge in [-0.15, -0.1) is 0 Å².